The van der Waals surface area contributed by atoms with Crippen LogP contribution in [-0.4, -0.2) is 60.2 Å². The Morgan fingerprint density at radius 3 is 2.61 bits per heavy atom. The Bertz CT molecular complexity index is 1330. The number of aromatic nitrogens is 3. The van der Waals surface area contributed by atoms with Crippen LogP contribution in [0.15, 0.2) is 59.0 Å². The van der Waals surface area contributed by atoms with Gasteiger partial charge in [0.2, 0.25) is 21.8 Å². The highest BCUT2D eigenvalue weighted by atomic mass is 32.2. The van der Waals surface area contributed by atoms with Gasteiger partial charge in [-0.05, 0) is 50.5 Å². The van der Waals surface area contributed by atoms with Crippen LogP contribution in [0.25, 0.3) is 22.4 Å². The van der Waals surface area contributed by atoms with Crippen LogP contribution in [0.3, 0.4) is 0 Å². The first-order valence-corrected chi connectivity index (χ1v) is 13.4. The molecule has 4 aromatic rings. The van der Waals surface area contributed by atoms with E-state index in [2.05, 4.69) is 10.2 Å². The van der Waals surface area contributed by atoms with Crippen LogP contribution in [0, 0.1) is 0 Å². The molecule has 0 saturated carbocycles. The summed E-state index contributed by atoms with van der Waals surface area (Å²) >= 11 is 1.65. The molecule has 0 aliphatic rings. The van der Waals surface area contributed by atoms with Crippen molar-refractivity contribution in [3.63, 3.8) is 0 Å². The maximum Gasteiger partial charge on any atom is 0.247 e. The maximum absolute atomic E-state index is 12.4. The van der Waals surface area contributed by atoms with Crippen molar-refractivity contribution < 1.29 is 17.6 Å². The average Bonchev–Trinajstić information content (AvgIpc) is 3.37. The van der Waals surface area contributed by atoms with E-state index in [-0.39, 0.29) is 0 Å². The van der Waals surface area contributed by atoms with E-state index in [0.29, 0.717) is 41.9 Å². The van der Waals surface area contributed by atoms with E-state index < -0.39 is 10.0 Å². The first-order valence-electron chi connectivity index (χ1n) is 10.4. The summed E-state index contributed by atoms with van der Waals surface area (Å²) < 4.78 is 37.7. The fourth-order valence-corrected chi connectivity index (χ4v) is 5.23. The third-order valence-electron chi connectivity index (χ3n) is 4.82. The summed E-state index contributed by atoms with van der Waals surface area (Å²) in [6.45, 7) is 1.10. The van der Waals surface area contributed by atoms with E-state index >= 15 is 0 Å². The van der Waals surface area contributed by atoms with Crippen molar-refractivity contribution in [3.8, 4) is 17.2 Å². The lowest BCUT2D eigenvalue weighted by molar-refractivity contribution is 0.344. The molecule has 0 unspecified atom stereocenters. The van der Waals surface area contributed by atoms with E-state index in [4.69, 9.17) is 9.15 Å². The first-order chi connectivity index (χ1) is 15.8. The summed E-state index contributed by atoms with van der Waals surface area (Å²) in [5.41, 5.74) is 2.09. The molecule has 0 N–H and O–H groups in total. The lowest BCUT2D eigenvalue weighted by atomic mass is 10.1. The SMILES string of the molecule is CN(C)Cc1cc2cc(-c3nnc(CSCCOc4ccccc4)o3)ccc2n1S(C)(=O)=O. The number of benzene rings is 2. The number of fused-ring (bicyclic) bond motifs is 1. The normalized spacial score (nSPS) is 12.0. The van der Waals surface area contributed by atoms with Gasteiger partial charge < -0.3 is 14.1 Å². The van der Waals surface area contributed by atoms with Gasteiger partial charge in [0, 0.05) is 28.9 Å². The molecule has 174 valence electrons. The van der Waals surface area contributed by atoms with E-state index in [9.17, 15) is 8.42 Å². The van der Waals surface area contributed by atoms with Crippen LogP contribution in [0.1, 0.15) is 11.6 Å². The Balaban J connectivity index is 1.44. The van der Waals surface area contributed by atoms with Crippen molar-refractivity contribution >= 4 is 32.7 Å². The summed E-state index contributed by atoms with van der Waals surface area (Å²) in [5.74, 6) is 3.19. The summed E-state index contributed by atoms with van der Waals surface area (Å²) in [5, 5.41) is 9.12. The molecular weight excluding hydrogens is 460 g/mol. The number of ether oxygens (including phenoxy) is 1. The third-order valence-corrected chi connectivity index (χ3v) is 6.82. The van der Waals surface area contributed by atoms with Gasteiger partial charge in [-0.15, -0.1) is 22.0 Å². The molecule has 0 aliphatic heterocycles. The molecular formula is C23H26N4O4S2. The molecule has 2 aromatic heterocycles. The minimum atomic E-state index is -3.44. The maximum atomic E-state index is 12.4. The Labute approximate surface area is 197 Å². The predicted octanol–water partition coefficient (Wildman–Crippen LogP) is 3.87. The summed E-state index contributed by atoms with van der Waals surface area (Å²) in [4.78, 5) is 1.93. The van der Waals surface area contributed by atoms with Crippen molar-refractivity contribution in [2.75, 3.05) is 32.7 Å². The lowest BCUT2D eigenvalue weighted by Gasteiger charge is -2.12. The van der Waals surface area contributed by atoms with E-state index in [1.807, 2.05) is 67.5 Å². The molecule has 33 heavy (non-hydrogen) atoms. The highest BCUT2D eigenvalue weighted by Gasteiger charge is 2.18. The van der Waals surface area contributed by atoms with Crippen LogP contribution in [0.5, 0.6) is 5.75 Å². The van der Waals surface area contributed by atoms with Gasteiger partial charge in [-0.2, -0.15) is 0 Å². The third kappa shape index (κ3) is 5.76. The zero-order valence-corrected chi connectivity index (χ0v) is 20.4. The summed E-state index contributed by atoms with van der Waals surface area (Å²) in [6.07, 6.45) is 1.21. The molecule has 0 fully saturated rings. The summed E-state index contributed by atoms with van der Waals surface area (Å²) in [6, 6.07) is 17.1. The van der Waals surface area contributed by atoms with Gasteiger partial charge in [0.05, 0.1) is 24.1 Å². The molecule has 8 nitrogen and oxygen atoms in total. The van der Waals surface area contributed by atoms with Crippen LogP contribution in [0.4, 0.5) is 0 Å². The molecule has 0 spiro atoms. The first kappa shape index (κ1) is 23.3. The number of thioether (sulfide) groups is 1. The second-order valence-corrected chi connectivity index (χ2v) is 10.8. The molecule has 0 bridgehead atoms. The number of rotatable bonds is 10. The number of para-hydroxylation sites is 1. The van der Waals surface area contributed by atoms with Gasteiger partial charge in [0.1, 0.15) is 5.75 Å². The van der Waals surface area contributed by atoms with Crippen molar-refractivity contribution in [2.45, 2.75) is 12.3 Å². The molecule has 10 heteroatoms. The molecule has 0 atom stereocenters. The lowest BCUT2D eigenvalue weighted by Crippen LogP contribution is -2.18. The summed E-state index contributed by atoms with van der Waals surface area (Å²) in [7, 11) is 0.365. The largest absolute Gasteiger partial charge is 0.493 e. The topological polar surface area (TPSA) is 90.5 Å². The van der Waals surface area contributed by atoms with Crippen LogP contribution in [-0.2, 0) is 22.3 Å². The zero-order chi connectivity index (χ0) is 23.4. The Morgan fingerprint density at radius 1 is 1.09 bits per heavy atom. The molecule has 0 saturated heterocycles. The van der Waals surface area contributed by atoms with E-state index in [1.54, 1.807) is 17.8 Å². The molecule has 4 rings (SSSR count). The van der Waals surface area contributed by atoms with E-state index in [1.165, 1.54) is 10.2 Å². The fourth-order valence-electron chi connectivity index (χ4n) is 3.53. The molecule has 0 amide bonds. The quantitative estimate of drug-likeness (QED) is 0.312. The van der Waals surface area contributed by atoms with Gasteiger partial charge in [-0.3, -0.25) is 0 Å². The predicted molar refractivity (Wildman–Crippen MR) is 131 cm³/mol. The minimum Gasteiger partial charge on any atom is -0.493 e. The molecule has 0 radical (unpaired) electrons. The van der Waals surface area contributed by atoms with Crippen molar-refractivity contribution in [1.29, 1.82) is 0 Å². The van der Waals surface area contributed by atoms with Gasteiger partial charge >= 0.3 is 0 Å². The number of nitrogens with zero attached hydrogens (tertiary/aromatic N) is 4. The van der Waals surface area contributed by atoms with Gasteiger partial charge in [0.15, 0.2) is 0 Å². The number of hydrogen-bond donors (Lipinski definition) is 0. The van der Waals surface area contributed by atoms with Gasteiger partial charge in [-0.25, -0.2) is 12.4 Å². The van der Waals surface area contributed by atoms with Gasteiger partial charge in [-0.1, -0.05) is 18.2 Å². The number of hydrogen-bond acceptors (Lipinski definition) is 8. The zero-order valence-electron chi connectivity index (χ0n) is 18.8. The second-order valence-electron chi connectivity index (χ2n) is 7.89. The van der Waals surface area contributed by atoms with Crippen molar-refractivity contribution in [2.24, 2.45) is 0 Å². The Morgan fingerprint density at radius 2 is 1.88 bits per heavy atom. The molecule has 2 heterocycles. The smallest absolute Gasteiger partial charge is 0.247 e. The van der Waals surface area contributed by atoms with Crippen molar-refractivity contribution in [3.05, 3.63) is 66.2 Å². The second kappa shape index (κ2) is 9.98. The minimum absolute atomic E-state index is 0.411. The van der Waals surface area contributed by atoms with Crippen LogP contribution >= 0.6 is 11.8 Å². The highest BCUT2D eigenvalue weighted by Crippen LogP contribution is 2.28. The standard InChI is InChI=1S/C23H26N4O4S2/c1-26(2)15-19-14-18-13-17(9-10-21(18)27(19)33(3,28)29)23-25-24-22(31-23)16-32-12-11-30-20-7-5-4-6-8-20/h4-10,13-14H,11-12,15-16H2,1-3H3. The fraction of sp³-hybridized carbons (Fsp3) is 0.304. The Kier molecular flexibility index (Phi) is 7.06. The molecule has 2 aromatic carbocycles. The average molecular weight is 487 g/mol. The van der Waals surface area contributed by atoms with Gasteiger partial charge in [0.25, 0.3) is 0 Å². The monoisotopic (exact) mass is 486 g/mol. The van der Waals surface area contributed by atoms with Crippen LogP contribution in [0.2, 0.25) is 0 Å². The van der Waals surface area contributed by atoms with E-state index in [0.717, 1.165) is 22.5 Å². The van der Waals surface area contributed by atoms with Crippen molar-refractivity contribution in [1.82, 2.24) is 19.1 Å². The van der Waals surface area contributed by atoms with Crippen LogP contribution < -0.4 is 4.74 Å². The highest BCUT2D eigenvalue weighted by molar-refractivity contribution is 7.98. The molecule has 0 aliphatic carbocycles. The Hall–Kier alpha value is -2.82.